The summed E-state index contributed by atoms with van der Waals surface area (Å²) in [5.74, 6) is -0.0436. The average Bonchev–Trinajstić information content (AvgIpc) is 2.64. The van der Waals surface area contributed by atoms with Crippen molar-refractivity contribution in [3.05, 3.63) is 11.6 Å². The molecule has 0 radical (unpaired) electrons. The smallest absolute Gasteiger partial charge is 0.312 e. The van der Waals surface area contributed by atoms with E-state index in [2.05, 4.69) is 20.8 Å². The lowest BCUT2D eigenvalue weighted by Gasteiger charge is -2.31. The Balaban J connectivity index is 2.28. The summed E-state index contributed by atoms with van der Waals surface area (Å²) in [5.41, 5.74) is 0.613. The lowest BCUT2D eigenvalue weighted by atomic mass is 9.70. The highest BCUT2D eigenvalue weighted by molar-refractivity contribution is 6.05. The summed E-state index contributed by atoms with van der Waals surface area (Å²) in [6.07, 6.45) is 3.86. The standard InChI is InChI=1S/C16H24O3/c1-6-19-14(18)10(2)9-11-12-7-8-16(5,13(11)17)15(12,3)4/h9-10,12H,6-8H2,1-5H3/b11-9+/t10-,12+,16-/m0/s1. The molecule has 2 aliphatic rings. The molecule has 0 unspecified atom stereocenters. The first-order valence-electron chi connectivity index (χ1n) is 7.19. The van der Waals surface area contributed by atoms with Crippen LogP contribution < -0.4 is 0 Å². The van der Waals surface area contributed by atoms with Crippen molar-refractivity contribution in [2.45, 2.75) is 47.5 Å². The van der Waals surface area contributed by atoms with Crippen molar-refractivity contribution in [3.8, 4) is 0 Å². The predicted octanol–water partition coefficient (Wildman–Crippen LogP) is 3.14. The molecule has 106 valence electrons. The third-order valence-corrected chi connectivity index (χ3v) is 5.45. The van der Waals surface area contributed by atoms with E-state index in [1.54, 1.807) is 13.8 Å². The highest BCUT2D eigenvalue weighted by Crippen LogP contribution is 2.65. The van der Waals surface area contributed by atoms with Crippen LogP contribution in [0.4, 0.5) is 0 Å². The van der Waals surface area contributed by atoms with Crippen molar-refractivity contribution in [2.75, 3.05) is 6.61 Å². The van der Waals surface area contributed by atoms with Crippen LogP contribution in [-0.4, -0.2) is 18.4 Å². The number of Topliss-reactive ketones (excluding diaryl/α,β-unsaturated/α-hetero) is 1. The van der Waals surface area contributed by atoms with Gasteiger partial charge in [0.2, 0.25) is 0 Å². The van der Waals surface area contributed by atoms with Gasteiger partial charge in [-0.3, -0.25) is 9.59 Å². The van der Waals surface area contributed by atoms with E-state index in [0.717, 1.165) is 18.4 Å². The number of allylic oxidation sites excluding steroid dienone is 1. The van der Waals surface area contributed by atoms with Gasteiger partial charge in [-0.1, -0.05) is 26.8 Å². The van der Waals surface area contributed by atoms with Gasteiger partial charge in [-0.05, 0) is 43.6 Å². The summed E-state index contributed by atoms with van der Waals surface area (Å²) >= 11 is 0. The first kappa shape index (κ1) is 14.3. The third kappa shape index (κ3) is 1.86. The maximum atomic E-state index is 12.6. The zero-order valence-corrected chi connectivity index (χ0v) is 12.6. The van der Waals surface area contributed by atoms with Crippen molar-refractivity contribution in [2.24, 2.45) is 22.7 Å². The molecule has 3 atom stereocenters. The fraction of sp³-hybridized carbons (Fsp3) is 0.750. The molecule has 2 fully saturated rings. The van der Waals surface area contributed by atoms with Crippen molar-refractivity contribution in [1.29, 1.82) is 0 Å². The van der Waals surface area contributed by atoms with Crippen molar-refractivity contribution >= 4 is 11.8 Å². The summed E-state index contributed by atoms with van der Waals surface area (Å²) < 4.78 is 5.01. The molecular formula is C16H24O3. The second kappa shape index (κ2) is 4.46. The zero-order chi connectivity index (χ0) is 14.4. The van der Waals surface area contributed by atoms with Gasteiger partial charge < -0.3 is 4.74 Å². The Bertz CT molecular complexity index is 447. The van der Waals surface area contributed by atoms with E-state index in [0.29, 0.717) is 12.5 Å². The number of hydrogen-bond acceptors (Lipinski definition) is 3. The molecule has 0 spiro atoms. The van der Waals surface area contributed by atoms with Gasteiger partial charge in [-0.15, -0.1) is 0 Å². The van der Waals surface area contributed by atoms with E-state index < -0.39 is 0 Å². The molecule has 2 rings (SSSR count). The zero-order valence-electron chi connectivity index (χ0n) is 12.6. The molecule has 2 aliphatic carbocycles. The number of fused-ring (bicyclic) bond motifs is 2. The number of ether oxygens (including phenoxy) is 1. The first-order chi connectivity index (χ1) is 8.75. The van der Waals surface area contributed by atoms with Gasteiger partial charge in [0.25, 0.3) is 0 Å². The summed E-state index contributed by atoms with van der Waals surface area (Å²) in [5, 5.41) is 0. The summed E-state index contributed by atoms with van der Waals surface area (Å²) in [6.45, 7) is 10.4. The molecule has 0 aromatic heterocycles. The van der Waals surface area contributed by atoms with E-state index in [9.17, 15) is 9.59 Å². The minimum Gasteiger partial charge on any atom is -0.466 e. The summed E-state index contributed by atoms with van der Waals surface area (Å²) in [4.78, 5) is 24.3. The lowest BCUT2D eigenvalue weighted by molar-refractivity contribution is -0.145. The molecule has 0 aliphatic heterocycles. The first-order valence-corrected chi connectivity index (χ1v) is 7.19. The van der Waals surface area contributed by atoms with E-state index in [1.807, 2.05) is 6.08 Å². The van der Waals surface area contributed by atoms with Gasteiger partial charge >= 0.3 is 5.97 Å². The van der Waals surface area contributed by atoms with E-state index in [4.69, 9.17) is 4.74 Å². The fourth-order valence-electron chi connectivity index (χ4n) is 3.73. The molecular weight excluding hydrogens is 240 g/mol. The molecule has 0 saturated heterocycles. The van der Waals surface area contributed by atoms with Gasteiger partial charge in [0, 0.05) is 5.41 Å². The molecule has 0 amide bonds. The third-order valence-electron chi connectivity index (χ3n) is 5.45. The molecule has 0 aromatic rings. The SMILES string of the molecule is CCOC(=O)[C@@H](C)/C=C1/C(=O)[C@]2(C)CC[C@H]1C2(C)C. The second-order valence-corrected chi connectivity index (χ2v) is 6.64. The van der Waals surface area contributed by atoms with Crippen LogP contribution in [0.3, 0.4) is 0 Å². The van der Waals surface area contributed by atoms with Crippen molar-refractivity contribution < 1.29 is 14.3 Å². The van der Waals surface area contributed by atoms with Crippen LogP contribution in [0, 0.1) is 22.7 Å². The number of ketones is 1. The van der Waals surface area contributed by atoms with E-state index >= 15 is 0 Å². The van der Waals surface area contributed by atoms with Gasteiger partial charge in [-0.2, -0.15) is 0 Å². The predicted molar refractivity (Wildman–Crippen MR) is 73.5 cm³/mol. The Morgan fingerprint density at radius 1 is 1.47 bits per heavy atom. The summed E-state index contributed by atoms with van der Waals surface area (Å²) in [6, 6.07) is 0. The highest BCUT2D eigenvalue weighted by atomic mass is 16.5. The fourth-order valence-corrected chi connectivity index (χ4v) is 3.73. The number of rotatable bonds is 3. The van der Waals surface area contributed by atoms with Gasteiger partial charge in [-0.25, -0.2) is 0 Å². The Kier molecular flexibility index (Phi) is 3.36. The number of hydrogen-bond donors (Lipinski definition) is 0. The summed E-state index contributed by atoms with van der Waals surface area (Å²) in [7, 11) is 0. The van der Waals surface area contributed by atoms with Crippen molar-refractivity contribution in [3.63, 3.8) is 0 Å². The monoisotopic (exact) mass is 264 g/mol. The highest BCUT2D eigenvalue weighted by Gasteiger charge is 2.63. The normalized spacial score (nSPS) is 35.7. The van der Waals surface area contributed by atoms with Crippen LogP contribution in [0.5, 0.6) is 0 Å². The molecule has 0 heterocycles. The molecule has 3 heteroatoms. The Labute approximate surface area is 115 Å². The van der Waals surface area contributed by atoms with Crippen LogP contribution in [0.25, 0.3) is 0 Å². The Morgan fingerprint density at radius 3 is 2.58 bits per heavy atom. The topological polar surface area (TPSA) is 43.4 Å². The number of carbonyl (C=O) groups is 2. The van der Waals surface area contributed by atoms with Crippen LogP contribution >= 0.6 is 0 Å². The van der Waals surface area contributed by atoms with Crippen molar-refractivity contribution in [1.82, 2.24) is 0 Å². The number of carbonyl (C=O) groups excluding carboxylic acids is 2. The molecule has 2 saturated carbocycles. The maximum absolute atomic E-state index is 12.6. The van der Waals surface area contributed by atoms with Gasteiger partial charge in [0.05, 0.1) is 12.5 Å². The quantitative estimate of drug-likeness (QED) is 0.581. The minimum atomic E-state index is -0.336. The Morgan fingerprint density at radius 2 is 2.11 bits per heavy atom. The second-order valence-electron chi connectivity index (χ2n) is 6.64. The lowest BCUT2D eigenvalue weighted by Crippen LogP contribution is -2.32. The Hall–Kier alpha value is -1.12. The van der Waals surface area contributed by atoms with Crippen LogP contribution in [0.15, 0.2) is 11.6 Å². The molecule has 0 N–H and O–H groups in total. The average molecular weight is 264 g/mol. The molecule has 3 nitrogen and oxygen atoms in total. The largest absolute Gasteiger partial charge is 0.466 e. The maximum Gasteiger partial charge on any atom is 0.312 e. The molecule has 19 heavy (non-hydrogen) atoms. The van der Waals surface area contributed by atoms with Crippen LogP contribution in [0.1, 0.15) is 47.5 Å². The van der Waals surface area contributed by atoms with Crippen LogP contribution in [-0.2, 0) is 14.3 Å². The molecule has 2 bridgehead atoms. The van der Waals surface area contributed by atoms with E-state index in [1.165, 1.54) is 0 Å². The molecule has 0 aromatic carbocycles. The van der Waals surface area contributed by atoms with E-state index in [-0.39, 0.29) is 28.5 Å². The van der Waals surface area contributed by atoms with Gasteiger partial charge in [0.1, 0.15) is 0 Å². The van der Waals surface area contributed by atoms with Gasteiger partial charge in [0.15, 0.2) is 5.78 Å². The van der Waals surface area contributed by atoms with Crippen LogP contribution in [0.2, 0.25) is 0 Å². The number of esters is 1. The minimum absolute atomic E-state index is 0.00426.